The first kappa shape index (κ1) is 17.5. The minimum Gasteiger partial charge on any atom is -0.492 e. The van der Waals surface area contributed by atoms with Crippen LogP contribution in [0.5, 0.6) is 5.75 Å². The van der Waals surface area contributed by atoms with Crippen LogP contribution in [-0.4, -0.2) is 27.1 Å². The minimum absolute atomic E-state index is 0.0563. The van der Waals surface area contributed by atoms with Gasteiger partial charge >= 0.3 is 0 Å². The fourth-order valence-corrected chi connectivity index (χ4v) is 3.97. The average molecular weight is 347 g/mol. The van der Waals surface area contributed by atoms with E-state index < -0.39 is 15.6 Å². The first-order valence-corrected chi connectivity index (χ1v) is 9.26. The quantitative estimate of drug-likeness (QED) is 0.794. The Labute approximate surface area is 137 Å². The van der Waals surface area contributed by atoms with Crippen molar-refractivity contribution in [2.45, 2.75) is 43.5 Å². The van der Waals surface area contributed by atoms with Crippen molar-refractivity contribution < 1.29 is 13.2 Å². The van der Waals surface area contributed by atoms with E-state index in [-0.39, 0.29) is 11.4 Å². The molecule has 0 unspecified atom stereocenters. The smallest absolute Gasteiger partial charge is 0.244 e. The van der Waals surface area contributed by atoms with Crippen LogP contribution in [0, 0.1) is 5.92 Å². The third-order valence-electron chi connectivity index (χ3n) is 3.82. The first-order valence-electron chi connectivity index (χ1n) is 7.40. The van der Waals surface area contributed by atoms with Crippen LogP contribution in [0.2, 0.25) is 5.02 Å². The molecule has 2 rings (SSSR count). The van der Waals surface area contributed by atoms with Gasteiger partial charge in [0.1, 0.15) is 10.6 Å². The molecule has 0 spiro atoms. The number of ether oxygens (including phenoxy) is 1. The van der Waals surface area contributed by atoms with Gasteiger partial charge in [-0.25, -0.2) is 13.1 Å². The van der Waals surface area contributed by atoms with E-state index in [0.717, 1.165) is 12.8 Å². The highest BCUT2D eigenvalue weighted by Gasteiger charge is 2.28. The molecule has 1 aliphatic carbocycles. The molecule has 0 saturated heterocycles. The number of rotatable bonds is 7. The van der Waals surface area contributed by atoms with Gasteiger partial charge in [-0.05, 0) is 50.8 Å². The lowest BCUT2D eigenvalue weighted by molar-refractivity contribution is 0.177. The van der Waals surface area contributed by atoms with Crippen molar-refractivity contribution in [2.24, 2.45) is 11.7 Å². The van der Waals surface area contributed by atoms with Crippen molar-refractivity contribution in [1.29, 1.82) is 0 Å². The maximum Gasteiger partial charge on any atom is 0.244 e. The zero-order chi connectivity index (χ0) is 16.4. The SMILES string of the molecule is CC(C)(CN)NS(=O)(=O)c1cc(Cl)ccc1OCC1CCC1. The van der Waals surface area contributed by atoms with Crippen LogP contribution in [0.3, 0.4) is 0 Å². The lowest BCUT2D eigenvalue weighted by atomic mass is 9.86. The molecular formula is C15H23ClN2O3S. The van der Waals surface area contributed by atoms with Crippen LogP contribution < -0.4 is 15.2 Å². The summed E-state index contributed by atoms with van der Waals surface area (Å²) in [6.45, 7) is 4.17. The Morgan fingerprint density at radius 3 is 2.64 bits per heavy atom. The second-order valence-electron chi connectivity index (χ2n) is 6.39. The molecule has 1 aromatic carbocycles. The molecule has 1 fully saturated rings. The van der Waals surface area contributed by atoms with E-state index in [2.05, 4.69) is 4.72 Å². The van der Waals surface area contributed by atoms with E-state index in [9.17, 15) is 8.42 Å². The summed E-state index contributed by atoms with van der Waals surface area (Å²) in [6.07, 6.45) is 3.48. The van der Waals surface area contributed by atoms with Gasteiger partial charge in [0.2, 0.25) is 10.0 Å². The molecule has 0 aliphatic heterocycles. The Morgan fingerprint density at radius 1 is 1.41 bits per heavy atom. The standard InChI is InChI=1S/C15H23ClN2O3S/c1-15(2,10-17)18-22(19,20)14-8-12(16)6-7-13(14)21-9-11-4-3-5-11/h6-8,11,18H,3-5,9-10,17H2,1-2H3. The highest BCUT2D eigenvalue weighted by molar-refractivity contribution is 7.89. The van der Waals surface area contributed by atoms with Crippen molar-refractivity contribution in [3.63, 3.8) is 0 Å². The highest BCUT2D eigenvalue weighted by Crippen LogP contribution is 2.31. The van der Waals surface area contributed by atoms with Crippen molar-refractivity contribution in [1.82, 2.24) is 4.72 Å². The van der Waals surface area contributed by atoms with Crippen LogP contribution in [0.15, 0.2) is 23.1 Å². The minimum atomic E-state index is -3.76. The van der Waals surface area contributed by atoms with Crippen molar-refractivity contribution in [3.05, 3.63) is 23.2 Å². The van der Waals surface area contributed by atoms with Gasteiger partial charge in [-0.2, -0.15) is 0 Å². The second kappa shape index (κ2) is 6.74. The fraction of sp³-hybridized carbons (Fsp3) is 0.600. The molecule has 0 aromatic heterocycles. The maximum absolute atomic E-state index is 12.6. The highest BCUT2D eigenvalue weighted by atomic mass is 35.5. The first-order chi connectivity index (χ1) is 10.2. The normalized spacial score (nSPS) is 16.4. The lowest BCUT2D eigenvalue weighted by Crippen LogP contribution is -2.48. The summed E-state index contributed by atoms with van der Waals surface area (Å²) in [4.78, 5) is 0.0563. The van der Waals surface area contributed by atoms with Crippen molar-refractivity contribution >= 4 is 21.6 Å². The molecule has 7 heteroatoms. The molecule has 22 heavy (non-hydrogen) atoms. The molecule has 0 amide bonds. The van der Waals surface area contributed by atoms with E-state index in [1.165, 1.54) is 12.5 Å². The second-order valence-corrected chi connectivity index (χ2v) is 8.48. The summed E-state index contributed by atoms with van der Waals surface area (Å²) in [5, 5.41) is 0.349. The number of benzene rings is 1. The molecule has 1 saturated carbocycles. The van der Waals surface area contributed by atoms with Gasteiger partial charge in [0.15, 0.2) is 0 Å². The monoisotopic (exact) mass is 346 g/mol. The molecule has 0 heterocycles. The van der Waals surface area contributed by atoms with Gasteiger partial charge < -0.3 is 10.5 Å². The number of halogens is 1. The number of hydrogen-bond acceptors (Lipinski definition) is 4. The van der Waals surface area contributed by atoms with Crippen LogP contribution in [0.4, 0.5) is 0 Å². The number of hydrogen-bond donors (Lipinski definition) is 2. The molecule has 5 nitrogen and oxygen atoms in total. The Kier molecular flexibility index (Phi) is 5.37. The predicted octanol–water partition coefficient (Wildman–Crippen LogP) is 2.53. The summed E-state index contributed by atoms with van der Waals surface area (Å²) in [6, 6.07) is 4.64. The van der Waals surface area contributed by atoms with E-state index in [1.54, 1.807) is 26.0 Å². The van der Waals surface area contributed by atoms with Gasteiger partial charge in [-0.3, -0.25) is 0 Å². The molecule has 0 atom stereocenters. The van der Waals surface area contributed by atoms with Crippen molar-refractivity contribution in [2.75, 3.05) is 13.2 Å². The van der Waals surface area contributed by atoms with Gasteiger partial charge in [0.25, 0.3) is 0 Å². The lowest BCUT2D eigenvalue weighted by Gasteiger charge is -2.27. The summed E-state index contributed by atoms with van der Waals surface area (Å²) in [7, 11) is -3.76. The van der Waals surface area contributed by atoms with Crippen molar-refractivity contribution in [3.8, 4) is 5.75 Å². The number of nitrogens with one attached hydrogen (secondary N) is 1. The van der Waals surface area contributed by atoms with Gasteiger partial charge in [-0.15, -0.1) is 0 Å². The Bertz CT molecular complexity index is 628. The molecule has 3 N–H and O–H groups in total. The summed E-state index contributed by atoms with van der Waals surface area (Å²) < 4.78 is 33.5. The van der Waals surface area contributed by atoms with Crippen LogP contribution in [0.1, 0.15) is 33.1 Å². The fourth-order valence-electron chi connectivity index (χ4n) is 2.14. The molecular weight excluding hydrogens is 324 g/mol. The zero-order valence-electron chi connectivity index (χ0n) is 12.9. The summed E-state index contributed by atoms with van der Waals surface area (Å²) in [5.41, 5.74) is 4.86. The Hall–Kier alpha value is -0.820. The summed E-state index contributed by atoms with van der Waals surface area (Å²) in [5.74, 6) is 0.844. The molecule has 1 aliphatic rings. The van der Waals surface area contributed by atoms with E-state index in [0.29, 0.717) is 23.3 Å². The number of nitrogens with two attached hydrogens (primary N) is 1. The third kappa shape index (κ3) is 4.35. The summed E-state index contributed by atoms with van der Waals surface area (Å²) >= 11 is 5.96. The molecule has 1 aromatic rings. The number of sulfonamides is 1. The van der Waals surface area contributed by atoms with E-state index in [4.69, 9.17) is 22.1 Å². The van der Waals surface area contributed by atoms with E-state index >= 15 is 0 Å². The van der Waals surface area contributed by atoms with Gasteiger partial charge in [0, 0.05) is 17.1 Å². The van der Waals surface area contributed by atoms with Crippen LogP contribution in [-0.2, 0) is 10.0 Å². The average Bonchev–Trinajstić information content (AvgIpc) is 2.37. The maximum atomic E-state index is 12.6. The van der Waals surface area contributed by atoms with Gasteiger partial charge in [0.05, 0.1) is 6.61 Å². The van der Waals surface area contributed by atoms with Crippen LogP contribution in [0.25, 0.3) is 0 Å². The van der Waals surface area contributed by atoms with Gasteiger partial charge in [-0.1, -0.05) is 18.0 Å². The molecule has 124 valence electrons. The molecule has 0 radical (unpaired) electrons. The molecule has 0 bridgehead atoms. The predicted molar refractivity (Wildman–Crippen MR) is 87.7 cm³/mol. The Morgan fingerprint density at radius 2 is 2.09 bits per heavy atom. The third-order valence-corrected chi connectivity index (χ3v) is 5.77. The van der Waals surface area contributed by atoms with E-state index in [1.807, 2.05) is 0 Å². The topological polar surface area (TPSA) is 81.4 Å². The Balaban J connectivity index is 2.25. The largest absolute Gasteiger partial charge is 0.492 e. The zero-order valence-corrected chi connectivity index (χ0v) is 14.5. The van der Waals surface area contributed by atoms with Crippen LogP contribution >= 0.6 is 11.6 Å².